The van der Waals surface area contributed by atoms with Crippen LogP contribution in [0.5, 0.6) is 0 Å². The van der Waals surface area contributed by atoms with Crippen LogP contribution in [0.15, 0.2) is 12.4 Å². The van der Waals surface area contributed by atoms with Crippen molar-refractivity contribution in [1.82, 2.24) is 14.9 Å². The molecule has 2 N–H and O–H groups in total. The van der Waals surface area contributed by atoms with E-state index >= 15 is 0 Å². The molecule has 0 radical (unpaired) electrons. The molecule has 1 amide bonds. The lowest BCUT2D eigenvalue weighted by molar-refractivity contribution is -0.140. The lowest BCUT2D eigenvalue weighted by Gasteiger charge is -2.12. The SMILES string of the molecule is CCCn1ccnc1CC(NC=O)C(=O)O. The van der Waals surface area contributed by atoms with E-state index in [1.54, 1.807) is 12.4 Å². The van der Waals surface area contributed by atoms with E-state index in [4.69, 9.17) is 5.11 Å². The average Bonchev–Trinajstić information content (AvgIpc) is 2.65. The second-order valence-electron chi connectivity index (χ2n) is 3.42. The first-order valence-corrected chi connectivity index (χ1v) is 5.11. The van der Waals surface area contributed by atoms with Crippen LogP contribution in [0.4, 0.5) is 0 Å². The fourth-order valence-electron chi connectivity index (χ4n) is 1.46. The summed E-state index contributed by atoms with van der Waals surface area (Å²) in [5.41, 5.74) is 0. The van der Waals surface area contributed by atoms with Crippen molar-refractivity contribution >= 4 is 12.4 Å². The molecule has 0 aliphatic carbocycles. The lowest BCUT2D eigenvalue weighted by Crippen LogP contribution is -2.38. The zero-order chi connectivity index (χ0) is 12.0. The Morgan fingerprint density at radius 1 is 1.75 bits per heavy atom. The van der Waals surface area contributed by atoms with E-state index < -0.39 is 12.0 Å². The van der Waals surface area contributed by atoms with E-state index in [1.807, 2.05) is 11.5 Å². The molecule has 0 fully saturated rings. The summed E-state index contributed by atoms with van der Waals surface area (Å²) >= 11 is 0. The predicted octanol–water partition coefficient (Wildman–Crippen LogP) is 0.0348. The summed E-state index contributed by atoms with van der Waals surface area (Å²) in [6, 6.07) is -0.921. The fourth-order valence-corrected chi connectivity index (χ4v) is 1.46. The summed E-state index contributed by atoms with van der Waals surface area (Å²) in [5, 5.41) is 11.1. The molecule has 6 heteroatoms. The van der Waals surface area contributed by atoms with Crippen molar-refractivity contribution in [2.45, 2.75) is 32.4 Å². The molecule has 0 saturated heterocycles. The van der Waals surface area contributed by atoms with Gasteiger partial charge in [-0.2, -0.15) is 0 Å². The molecule has 88 valence electrons. The molecule has 1 heterocycles. The maximum atomic E-state index is 10.8. The Labute approximate surface area is 93.3 Å². The van der Waals surface area contributed by atoms with Gasteiger partial charge in [0.25, 0.3) is 0 Å². The molecular formula is C10H15N3O3. The van der Waals surface area contributed by atoms with E-state index in [0.29, 0.717) is 12.2 Å². The second kappa shape index (κ2) is 5.89. The average molecular weight is 225 g/mol. The first kappa shape index (κ1) is 12.2. The minimum atomic E-state index is -1.06. The molecule has 0 aliphatic rings. The zero-order valence-corrected chi connectivity index (χ0v) is 9.09. The van der Waals surface area contributed by atoms with Crippen LogP contribution < -0.4 is 5.32 Å². The number of aromatic nitrogens is 2. The third-order valence-corrected chi connectivity index (χ3v) is 2.22. The molecule has 0 saturated carbocycles. The summed E-state index contributed by atoms with van der Waals surface area (Å²) < 4.78 is 1.89. The Bertz CT molecular complexity index is 362. The molecule has 0 bridgehead atoms. The number of carbonyl (C=O) groups is 2. The number of hydrogen-bond acceptors (Lipinski definition) is 3. The first-order chi connectivity index (χ1) is 7.69. The Morgan fingerprint density at radius 3 is 3.06 bits per heavy atom. The van der Waals surface area contributed by atoms with Gasteiger partial charge in [-0.3, -0.25) is 4.79 Å². The molecule has 0 aromatic carbocycles. The number of aryl methyl sites for hydroxylation is 1. The normalized spacial score (nSPS) is 12.1. The van der Waals surface area contributed by atoms with Crippen molar-refractivity contribution in [2.75, 3.05) is 0 Å². The number of imidazole rings is 1. The number of carboxylic acids is 1. The highest BCUT2D eigenvalue weighted by molar-refractivity contribution is 5.76. The Morgan fingerprint density at radius 2 is 2.50 bits per heavy atom. The predicted molar refractivity (Wildman–Crippen MR) is 56.8 cm³/mol. The second-order valence-corrected chi connectivity index (χ2v) is 3.42. The summed E-state index contributed by atoms with van der Waals surface area (Å²) in [6.45, 7) is 2.82. The van der Waals surface area contributed by atoms with E-state index in [9.17, 15) is 9.59 Å². The molecule has 1 aromatic rings. The van der Waals surface area contributed by atoms with E-state index in [2.05, 4.69) is 10.3 Å². The van der Waals surface area contributed by atoms with Gasteiger partial charge < -0.3 is 15.0 Å². The van der Waals surface area contributed by atoms with Gasteiger partial charge in [-0.05, 0) is 6.42 Å². The standard InChI is InChI=1S/C10H15N3O3/c1-2-4-13-5-3-11-9(13)6-8(10(15)16)12-7-14/h3,5,7-8H,2,4,6H2,1H3,(H,12,14)(H,15,16). The highest BCUT2D eigenvalue weighted by Crippen LogP contribution is 2.03. The Hall–Kier alpha value is -1.85. The molecule has 16 heavy (non-hydrogen) atoms. The van der Waals surface area contributed by atoms with E-state index in [1.165, 1.54) is 0 Å². The lowest BCUT2D eigenvalue weighted by atomic mass is 10.2. The number of carboxylic acid groups (broad SMARTS) is 1. The topological polar surface area (TPSA) is 84.2 Å². The smallest absolute Gasteiger partial charge is 0.326 e. The van der Waals surface area contributed by atoms with Crippen molar-refractivity contribution in [2.24, 2.45) is 0 Å². The number of amides is 1. The van der Waals surface area contributed by atoms with Crippen molar-refractivity contribution < 1.29 is 14.7 Å². The van der Waals surface area contributed by atoms with Crippen LogP contribution in [0.2, 0.25) is 0 Å². The molecule has 1 unspecified atom stereocenters. The summed E-state index contributed by atoms with van der Waals surface area (Å²) in [4.78, 5) is 25.2. The Balaban J connectivity index is 2.72. The molecule has 0 spiro atoms. The minimum absolute atomic E-state index is 0.196. The van der Waals surface area contributed by atoms with Gasteiger partial charge in [0.15, 0.2) is 0 Å². The third kappa shape index (κ3) is 3.08. The van der Waals surface area contributed by atoms with Gasteiger partial charge in [-0.1, -0.05) is 6.92 Å². The summed E-state index contributed by atoms with van der Waals surface area (Å²) in [7, 11) is 0. The quantitative estimate of drug-likeness (QED) is 0.641. The molecule has 1 aromatic heterocycles. The number of nitrogens with one attached hydrogen (secondary N) is 1. The summed E-state index contributed by atoms with van der Waals surface area (Å²) in [5.74, 6) is -0.387. The van der Waals surface area contributed by atoms with Gasteiger partial charge in [0.2, 0.25) is 6.41 Å². The first-order valence-electron chi connectivity index (χ1n) is 5.11. The van der Waals surface area contributed by atoms with Crippen LogP contribution >= 0.6 is 0 Å². The van der Waals surface area contributed by atoms with Crippen molar-refractivity contribution in [3.63, 3.8) is 0 Å². The maximum absolute atomic E-state index is 10.8. The van der Waals surface area contributed by atoms with Gasteiger partial charge in [0, 0.05) is 25.4 Å². The highest BCUT2D eigenvalue weighted by atomic mass is 16.4. The largest absolute Gasteiger partial charge is 0.480 e. The fraction of sp³-hybridized carbons (Fsp3) is 0.500. The number of carbonyl (C=O) groups excluding carboxylic acids is 1. The third-order valence-electron chi connectivity index (χ3n) is 2.22. The van der Waals surface area contributed by atoms with Crippen molar-refractivity contribution in [1.29, 1.82) is 0 Å². The maximum Gasteiger partial charge on any atom is 0.326 e. The molecule has 0 aliphatic heterocycles. The zero-order valence-electron chi connectivity index (χ0n) is 9.09. The molecule has 1 atom stereocenters. The number of rotatable bonds is 7. The van der Waals surface area contributed by atoms with Crippen LogP contribution in [-0.2, 0) is 22.6 Å². The van der Waals surface area contributed by atoms with Crippen LogP contribution in [-0.4, -0.2) is 33.1 Å². The monoisotopic (exact) mass is 225 g/mol. The van der Waals surface area contributed by atoms with E-state index in [0.717, 1.165) is 13.0 Å². The highest BCUT2D eigenvalue weighted by Gasteiger charge is 2.19. The molecule has 6 nitrogen and oxygen atoms in total. The summed E-state index contributed by atoms with van der Waals surface area (Å²) in [6.07, 6.45) is 4.97. The number of hydrogen-bond donors (Lipinski definition) is 2. The van der Waals surface area contributed by atoms with Crippen LogP contribution in [0.1, 0.15) is 19.2 Å². The minimum Gasteiger partial charge on any atom is -0.480 e. The van der Waals surface area contributed by atoms with Crippen molar-refractivity contribution in [3.05, 3.63) is 18.2 Å². The van der Waals surface area contributed by atoms with Gasteiger partial charge >= 0.3 is 5.97 Å². The van der Waals surface area contributed by atoms with Crippen LogP contribution in [0.25, 0.3) is 0 Å². The number of nitrogens with zero attached hydrogens (tertiary/aromatic N) is 2. The number of aliphatic carboxylic acids is 1. The van der Waals surface area contributed by atoms with Gasteiger partial charge in [-0.25, -0.2) is 9.78 Å². The molecule has 1 rings (SSSR count). The van der Waals surface area contributed by atoms with Crippen molar-refractivity contribution in [3.8, 4) is 0 Å². The molecular weight excluding hydrogens is 210 g/mol. The van der Waals surface area contributed by atoms with E-state index in [-0.39, 0.29) is 6.42 Å². The van der Waals surface area contributed by atoms with Crippen LogP contribution in [0.3, 0.4) is 0 Å². The van der Waals surface area contributed by atoms with Gasteiger partial charge in [-0.15, -0.1) is 0 Å². The Kier molecular flexibility index (Phi) is 4.50. The van der Waals surface area contributed by atoms with Crippen LogP contribution in [0, 0.1) is 0 Å². The van der Waals surface area contributed by atoms with Gasteiger partial charge in [0.05, 0.1) is 0 Å². The van der Waals surface area contributed by atoms with Gasteiger partial charge in [0.1, 0.15) is 11.9 Å².